The maximum Gasteiger partial charge on any atom is 0.268 e. The molecule has 6 nitrogen and oxygen atoms in total. The van der Waals surface area contributed by atoms with Crippen LogP contribution >= 0.6 is 11.6 Å². The number of aromatic nitrogens is 1. The van der Waals surface area contributed by atoms with E-state index in [1.807, 2.05) is 36.6 Å². The number of sulfonamides is 1. The van der Waals surface area contributed by atoms with Gasteiger partial charge in [0.05, 0.1) is 4.90 Å². The van der Waals surface area contributed by atoms with Gasteiger partial charge in [0.15, 0.2) is 0 Å². The molecule has 27 heavy (non-hydrogen) atoms. The second-order valence-corrected chi connectivity index (χ2v) is 8.25. The lowest BCUT2D eigenvalue weighted by molar-refractivity contribution is 0.0941. The zero-order valence-corrected chi connectivity index (χ0v) is 16.6. The van der Waals surface area contributed by atoms with Crippen molar-refractivity contribution < 1.29 is 13.2 Å². The number of fused-ring (bicyclic) bond motifs is 1. The highest BCUT2D eigenvalue weighted by Crippen LogP contribution is 2.28. The Labute approximate surface area is 163 Å². The first-order valence-corrected chi connectivity index (χ1v) is 10.3. The van der Waals surface area contributed by atoms with Gasteiger partial charge in [0.25, 0.3) is 5.91 Å². The fourth-order valence-corrected chi connectivity index (χ4v) is 3.87. The highest BCUT2D eigenvalue weighted by atomic mass is 35.5. The van der Waals surface area contributed by atoms with Gasteiger partial charge < -0.3 is 9.88 Å². The fraction of sp³-hybridized carbons (Fsp3) is 0.211. The Morgan fingerprint density at radius 1 is 1.19 bits per heavy atom. The van der Waals surface area contributed by atoms with Gasteiger partial charge in [0.1, 0.15) is 5.69 Å². The Hall–Kier alpha value is -2.35. The molecule has 2 aromatic carbocycles. The van der Waals surface area contributed by atoms with E-state index < -0.39 is 10.0 Å². The Kier molecular flexibility index (Phi) is 5.28. The first kappa shape index (κ1) is 19.4. The smallest absolute Gasteiger partial charge is 0.268 e. The normalized spacial score (nSPS) is 11.7. The number of hydrogen-bond donors (Lipinski definition) is 2. The zero-order valence-electron chi connectivity index (χ0n) is 15.0. The SMILES string of the molecule is CCn1c(C(=O)NCc2ccc(S(N)(=O)=O)cc2)c(C)c2cc(Cl)ccc21. The van der Waals surface area contributed by atoms with Crippen LogP contribution in [0.15, 0.2) is 47.4 Å². The van der Waals surface area contributed by atoms with E-state index in [1.54, 1.807) is 12.1 Å². The number of primary sulfonamides is 1. The first-order valence-electron chi connectivity index (χ1n) is 8.40. The van der Waals surface area contributed by atoms with Crippen LogP contribution in [0.3, 0.4) is 0 Å². The van der Waals surface area contributed by atoms with E-state index in [4.69, 9.17) is 16.7 Å². The van der Waals surface area contributed by atoms with Crippen LogP contribution in [-0.4, -0.2) is 18.9 Å². The molecule has 3 N–H and O–H groups in total. The maximum atomic E-state index is 12.8. The largest absolute Gasteiger partial charge is 0.347 e. The number of carbonyl (C=O) groups is 1. The van der Waals surface area contributed by atoms with E-state index in [9.17, 15) is 13.2 Å². The van der Waals surface area contributed by atoms with E-state index >= 15 is 0 Å². The van der Waals surface area contributed by atoms with Gasteiger partial charge in [-0.25, -0.2) is 13.6 Å². The molecule has 0 bridgehead atoms. The third-order valence-corrected chi connectivity index (χ3v) is 5.68. The lowest BCUT2D eigenvalue weighted by Crippen LogP contribution is -2.26. The van der Waals surface area contributed by atoms with Crippen molar-refractivity contribution in [3.8, 4) is 0 Å². The number of hydrogen-bond acceptors (Lipinski definition) is 3. The second-order valence-electron chi connectivity index (χ2n) is 6.25. The zero-order chi connectivity index (χ0) is 19.8. The lowest BCUT2D eigenvalue weighted by atomic mass is 10.1. The highest BCUT2D eigenvalue weighted by molar-refractivity contribution is 7.89. The summed E-state index contributed by atoms with van der Waals surface area (Å²) in [6.45, 7) is 4.81. The number of amides is 1. The molecule has 0 spiro atoms. The molecule has 8 heteroatoms. The topological polar surface area (TPSA) is 94.2 Å². The van der Waals surface area contributed by atoms with Crippen LogP contribution in [0, 0.1) is 6.92 Å². The number of aryl methyl sites for hydroxylation is 2. The molecule has 1 amide bonds. The average molecular weight is 406 g/mol. The molecule has 0 saturated heterocycles. The van der Waals surface area contributed by atoms with Crippen LogP contribution in [0.2, 0.25) is 5.02 Å². The summed E-state index contributed by atoms with van der Waals surface area (Å²) < 4.78 is 24.6. The van der Waals surface area contributed by atoms with Gasteiger partial charge in [-0.3, -0.25) is 4.79 Å². The third-order valence-electron chi connectivity index (χ3n) is 4.51. The Morgan fingerprint density at radius 2 is 1.85 bits per heavy atom. The second kappa shape index (κ2) is 7.34. The first-order chi connectivity index (χ1) is 12.7. The summed E-state index contributed by atoms with van der Waals surface area (Å²) in [7, 11) is -3.73. The summed E-state index contributed by atoms with van der Waals surface area (Å²) in [5.74, 6) is -0.197. The van der Waals surface area contributed by atoms with Gasteiger partial charge >= 0.3 is 0 Å². The van der Waals surface area contributed by atoms with Crippen molar-refractivity contribution in [1.82, 2.24) is 9.88 Å². The minimum absolute atomic E-state index is 0.0383. The van der Waals surface area contributed by atoms with Crippen molar-refractivity contribution in [1.29, 1.82) is 0 Å². The molecule has 0 saturated carbocycles. The summed E-state index contributed by atoms with van der Waals surface area (Å²) in [4.78, 5) is 12.9. The molecule has 0 fully saturated rings. The summed E-state index contributed by atoms with van der Waals surface area (Å²) in [6.07, 6.45) is 0. The highest BCUT2D eigenvalue weighted by Gasteiger charge is 2.19. The van der Waals surface area contributed by atoms with Crippen molar-refractivity contribution in [2.75, 3.05) is 0 Å². The molecule has 0 aliphatic carbocycles. The number of nitrogens with zero attached hydrogens (tertiary/aromatic N) is 1. The van der Waals surface area contributed by atoms with Gasteiger partial charge in [-0.1, -0.05) is 23.7 Å². The van der Waals surface area contributed by atoms with Gasteiger partial charge in [-0.2, -0.15) is 0 Å². The van der Waals surface area contributed by atoms with E-state index in [0.29, 0.717) is 17.3 Å². The molecule has 0 aliphatic rings. The molecular formula is C19H20ClN3O3S. The minimum Gasteiger partial charge on any atom is -0.347 e. The summed E-state index contributed by atoms with van der Waals surface area (Å²) >= 11 is 6.10. The molecule has 3 rings (SSSR count). The Balaban J connectivity index is 1.85. The lowest BCUT2D eigenvalue weighted by Gasteiger charge is -2.10. The molecule has 0 unspecified atom stereocenters. The number of nitrogens with two attached hydrogens (primary N) is 1. The Bertz CT molecular complexity index is 1120. The molecule has 1 aromatic heterocycles. The van der Waals surface area contributed by atoms with E-state index in [-0.39, 0.29) is 17.3 Å². The van der Waals surface area contributed by atoms with Gasteiger partial charge in [0.2, 0.25) is 10.0 Å². The fourth-order valence-electron chi connectivity index (χ4n) is 3.18. The van der Waals surface area contributed by atoms with Crippen LogP contribution in [0.25, 0.3) is 10.9 Å². The summed E-state index contributed by atoms with van der Waals surface area (Å²) in [5, 5.41) is 9.56. The van der Waals surface area contributed by atoms with Crippen molar-refractivity contribution in [2.45, 2.75) is 31.8 Å². The number of nitrogens with one attached hydrogen (secondary N) is 1. The number of rotatable bonds is 5. The minimum atomic E-state index is -3.73. The van der Waals surface area contributed by atoms with E-state index in [1.165, 1.54) is 12.1 Å². The molecule has 3 aromatic rings. The predicted octanol–water partition coefficient (Wildman–Crippen LogP) is 3.20. The molecule has 0 atom stereocenters. The van der Waals surface area contributed by atoms with Crippen LogP contribution in [-0.2, 0) is 23.1 Å². The molecule has 1 heterocycles. The van der Waals surface area contributed by atoms with E-state index in [0.717, 1.165) is 22.0 Å². The van der Waals surface area contributed by atoms with Crippen LogP contribution in [0.1, 0.15) is 28.5 Å². The van der Waals surface area contributed by atoms with E-state index in [2.05, 4.69) is 5.32 Å². The quantitative estimate of drug-likeness (QED) is 0.682. The number of benzene rings is 2. The summed E-state index contributed by atoms with van der Waals surface area (Å²) in [5.41, 5.74) is 3.20. The van der Waals surface area contributed by atoms with Crippen LogP contribution < -0.4 is 10.5 Å². The third kappa shape index (κ3) is 3.85. The van der Waals surface area contributed by atoms with Crippen molar-refractivity contribution in [3.63, 3.8) is 0 Å². The molecule has 142 valence electrons. The standard InChI is InChI=1S/C19H20ClN3O3S/c1-3-23-17-9-6-14(20)10-16(17)12(2)18(23)19(24)22-11-13-4-7-15(8-5-13)27(21,25)26/h4-10H,3,11H2,1-2H3,(H,22,24)(H2,21,25,26). The van der Waals surface area contributed by atoms with Gasteiger partial charge in [0, 0.05) is 29.0 Å². The molecule has 0 aliphatic heterocycles. The monoisotopic (exact) mass is 405 g/mol. The average Bonchev–Trinajstić information content (AvgIpc) is 2.91. The number of halogens is 1. The van der Waals surface area contributed by atoms with Gasteiger partial charge in [-0.05, 0) is 55.3 Å². The van der Waals surface area contributed by atoms with Crippen molar-refractivity contribution in [3.05, 3.63) is 64.3 Å². The number of carbonyl (C=O) groups excluding carboxylic acids is 1. The van der Waals surface area contributed by atoms with Crippen LogP contribution in [0.5, 0.6) is 0 Å². The molecular weight excluding hydrogens is 386 g/mol. The van der Waals surface area contributed by atoms with Crippen LogP contribution in [0.4, 0.5) is 0 Å². The van der Waals surface area contributed by atoms with Crippen molar-refractivity contribution in [2.24, 2.45) is 5.14 Å². The predicted molar refractivity (Wildman–Crippen MR) is 106 cm³/mol. The summed E-state index contributed by atoms with van der Waals surface area (Å²) in [6, 6.07) is 11.7. The molecule has 0 radical (unpaired) electrons. The Morgan fingerprint density at radius 3 is 2.44 bits per heavy atom. The van der Waals surface area contributed by atoms with Gasteiger partial charge in [-0.15, -0.1) is 0 Å². The van der Waals surface area contributed by atoms with Crippen molar-refractivity contribution >= 4 is 38.4 Å². The maximum absolute atomic E-state index is 12.8.